The number of rotatable bonds is 6. The van der Waals surface area contributed by atoms with E-state index < -0.39 is 0 Å². The quantitative estimate of drug-likeness (QED) is 0.334. The predicted molar refractivity (Wildman–Crippen MR) is 125 cm³/mol. The van der Waals surface area contributed by atoms with E-state index in [9.17, 15) is 4.79 Å². The summed E-state index contributed by atoms with van der Waals surface area (Å²) in [5, 5.41) is 2.98. The number of amides is 1. The van der Waals surface area contributed by atoms with E-state index in [1.54, 1.807) is 12.3 Å². The summed E-state index contributed by atoms with van der Waals surface area (Å²) < 4.78 is 13.3. The van der Waals surface area contributed by atoms with E-state index in [1.807, 2.05) is 65.2 Å². The van der Waals surface area contributed by atoms with Gasteiger partial charge < -0.3 is 19.0 Å². The second kappa shape index (κ2) is 8.47. The normalized spacial score (nSPS) is 10.9. The van der Waals surface area contributed by atoms with Gasteiger partial charge in [-0.25, -0.2) is 0 Å². The number of aromatic nitrogens is 1. The third kappa shape index (κ3) is 4.14. The number of carbonyl (C=O) groups excluding carboxylic acids is 1. The fourth-order valence-corrected chi connectivity index (χ4v) is 3.64. The van der Waals surface area contributed by atoms with Gasteiger partial charge in [-0.3, -0.25) is 4.79 Å². The molecule has 5 heteroatoms. The van der Waals surface area contributed by atoms with Crippen molar-refractivity contribution >= 4 is 22.7 Å². The molecule has 5 rings (SSSR count). The first-order chi connectivity index (χ1) is 15.7. The van der Waals surface area contributed by atoms with Gasteiger partial charge in [-0.15, -0.1) is 0 Å². The zero-order chi connectivity index (χ0) is 21.9. The van der Waals surface area contributed by atoms with E-state index >= 15 is 0 Å². The van der Waals surface area contributed by atoms with Crippen LogP contribution in [0.5, 0.6) is 11.5 Å². The molecule has 0 aliphatic rings. The highest BCUT2D eigenvalue weighted by molar-refractivity contribution is 6.05. The zero-order valence-corrected chi connectivity index (χ0v) is 17.6. The molecule has 0 spiro atoms. The van der Waals surface area contributed by atoms with Crippen LogP contribution < -0.4 is 10.1 Å². The Kier molecular flexibility index (Phi) is 5.22. The molecule has 2 aromatic heterocycles. The van der Waals surface area contributed by atoms with Crippen LogP contribution >= 0.6 is 0 Å². The molecule has 2 heterocycles. The van der Waals surface area contributed by atoms with Crippen LogP contribution in [0.3, 0.4) is 0 Å². The van der Waals surface area contributed by atoms with E-state index in [1.165, 1.54) is 5.56 Å². The van der Waals surface area contributed by atoms with Crippen molar-refractivity contribution in [3.8, 4) is 11.5 Å². The van der Waals surface area contributed by atoms with Gasteiger partial charge in [0.2, 0.25) is 0 Å². The summed E-state index contributed by atoms with van der Waals surface area (Å²) in [5.74, 6) is 1.27. The van der Waals surface area contributed by atoms with Crippen molar-refractivity contribution in [2.45, 2.75) is 13.5 Å². The molecule has 0 fully saturated rings. The minimum absolute atomic E-state index is 0.194. The number of hydrogen-bond acceptors (Lipinski definition) is 3. The van der Waals surface area contributed by atoms with E-state index in [4.69, 9.17) is 9.15 Å². The third-order valence-electron chi connectivity index (χ3n) is 5.31. The first kappa shape index (κ1) is 19.7. The molecule has 5 nitrogen and oxygen atoms in total. The highest BCUT2D eigenvalue weighted by atomic mass is 16.5. The molecule has 32 heavy (non-hydrogen) atoms. The van der Waals surface area contributed by atoms with Gasteiger partial charge in [0.15, 0.2) is 5.58 Å². The summed E-state index contributed by atoms with van der Waals surface area (Å²) in [5.41, 5.74) is 5.13. The maximum Gasteiger partial charge on any atom is 0.272 e. The van der Waals surface area contributed by atoms with Crippen LogP contribution in [0.1, 0.15) is 21.6 Å². The lowest BCUT2D eigenvalue weighted by Crippen LogP contribution is -2.17. The topological polar surface area (TPSA) is 56.4 Å². The maximum absolute atomic E-state index is 13.1. The summed E-state index contributed by atoms with van der Waals surface area (Å²) in [7, 11) is 0. The molecule has 1 N–H and O–H groups in total. The molecular formula is C27H22N2O3. The van der Waals surface area contributed by atoms with Gasteiger partial charge >= 0.3 is 0 Å². The van der Waals surface area contributed by atoms with Crippen LogP contribution in [0.25, 0.3) is 11.1 Å². The first-order valence-electron chi connectivity index (χ1n) is 10.4. The second-order valence-electron chi connectivity index (χ2n) is 7.67. The Bertz CT molecular complexity index is 1350. The van der Waals surface area contributed by atoms with E-state index in [0.717, 1.165) is 16.8 Å². The van der Waals surface area contributed by atoms with Gasteiger partial charge in [-0.2, -0.15) is 0 Å². The Balaban J connectivity index is 1.35. The molecule has 0 radical (unpaired) electrons. The van der Waals surface area contributed by atoms with Crippen LogP contribution in [-0.2, 0) is 6.54 Å². The van der Waals surface area contributed by atoms with Crippen LogP contribution in [-0.4, -0.2) is 10.5 Å². The molecule has 5 aromatic rings. The maximum atomic E-state index is 13.1. The Morgan fingerprint density at radius 2 is 1.62 bits per heavy atom. The number of para-hydroxylation sites is 1. The Labute approximate surface area is 185 Å². The number of aryl methyl sites for hydroxylation is 1. The molecule has 0 aliphatic heterocycles. The number of anilines is 1. The molecule has 0 atom stereocenters. The average Bonchev–Trinajstić information content (AvgIpc) is 3.40. The van der Waals surface area contributed by atoms with Crippen molar-refractivity contribution in [2.24, 2.45) is 0 Å². The minimum Gasteiger partial charge on any atom is -0.463 e. The molecule has 0 aliphatic carbocycles. The Morgan fingerprint density at radius 3 is 2.38 bits per heavy atom. The van der Waals surface area contributed by atoms with Gasteiger partial charge in [0, 0.05) is 24.4 Å². The molecule has 0 saturated carbocycles. The number of ether oxygens (including phenoxy) is 1. The molecule has 0 unspecified atom stereocenters. The largest absolute Gasteiger partial charge is 0.463 e. The third-order valence-corrected chi connectivity index (χ3v) is 5.31. The van der Waals surface area contributed by atoms with Crippen molar-refractivity contribution in [2.75, 3.05) is 5.32 Å². The monoisotopic (exact) mass is 422 g/mol. The van der Waals surface area contributed by atoms with Gasteiger partial charge in [-0.1, -0.05) is 48.0 Å². The lowest BCUT2D eigenvalue weighted by molar-refractivity contribution is 0.101. The van der Waals surface area contributed by atoms with Crippen molar-refractivity contribution in [1.82, 2.24) is 4.57 Å². The second-order valence-corrected chi connectivity index (χ2v) is 7.67. The smallest absolute Gasteiger partial charge is 0.272 e. The number of nitrogens with one attached hydrogen (secondary N) is 1. The number of nitrogens with zero attached hydrogens (tertiary/aromatic N) is 1. The average molecular weight is 422 g/mol. The van der Waals surface area contributed by atoms with E-state index in [0.29, 0.717) is 29.3 Å². The fourth-order valence-electron chi connectivity index (χ4n) is 3.64. The van der Waals surface area contributed by atoms with Crippen LogP contribution in [0, 0.1) is 6.92 Å². The number of furan rings is 1. The highest BCUT2D eigenvalue weighted by Crippen LogP contribution is 2.25. The summed E-state index contributed by atoms with van der Waals surface area (Å²) in [6.45, 7) is 2.64. The number of benzene rings is 3. The van der Waals surface area contributed by atoms with Crippen molar-refractivity contribution in [3.63, 3.8) is 0 Å². The van der Waals surface area contributed by atoms with Crippen LogP contribution in [0.2, 0.25) is 0 Å². The molecule has 0 saturated heterocycles. The van der Waals surface area contributed by atoms with Crippen molar-refractivity contribution < 1.29 is 13.9 Å². The molecule has 3 aromatic carbocycles. The summed E-state index contributed by atoms with van der Waals surface area (Å²) >= 11 is 0. The van der Waals surface area contributed by atoms with Crippen LogP contribution in [0.4, 0.5) is 5.69 Å². The lowest BCUT2D eigenvalue weighted by atomic mass is 10.1. The van der Waals surface area contributed by atoms with Gasteiger partial charge in [0.25, 0.3) is 5.91 Å². The standard InChI is InChI=1S/C27H22N2O3/c1-19-7-9-20(10-8-19)18-29-24-15-16-31-26(24)17-25(29)27(30)28-21-11-13-23(14-12-21)32-22-5-3-2-4-6-22/h2-17H,18H2,1H3,(H,28,30). The summed E-state index contributed by atoms with van der Waals surface area (Å²) in [6.07, 6.45) is 1.64. The fraction of sp³-hybridized carbons (Fsp3) is 0.0741. The van der Waals surface area contributed by atoms with Gasteiger partial charge in [0.05, 0.1) is 11.8 Å². The summed E-state index contributed by atoms with van der Waals surface area (Å²) in [6, 6.07) is 28.9. The molecule has 0 bridgehead atoms. The Morgan fingerprint density at radius 1 is 0.906 bits per heavy atom. The van der Waals surface area contributed by atoms with Crippen LogP contribution in [0.15, 0.2) is 102 Å². The van der Waals surface area contributed by atoms with E-state index in [-0.39, 0.29) is 5.91 Å². The molecular weight excluding hydrogens is 400 g/mol. The van der Waals surface area contributed by atoms with Gasteiger partial charge in [0.1, 0.15) is 17.2 Å². The SMILES string of the molecule is Cc1ccc(Cn2c(C(=O)Nc3ccc(Oc4ccccc4)cc3)cc3occc32)cc1. The lowest BCUT2D eigenvalue weighted by Gasteiger charge is -2.12. The molecule has 158 valence electrons. The van der Waals surface area contributed by atoms with Crippen molar-refractivity contribution in [1.29, 1.82) is 0 Å². The first-order valence-corrected chi connectivity index (χ1v) is 10.4. The highest BCUT2D eigenvalue weighted by Gasteiger charge is 2.18. The summed E-state index contributed by atoms with van der Waals surface area (Å²) in [4.78, 5) is 13.1. The van der Waals surface area contributed by atoms with E-state index in [2.05, 4.69) is 36.5 Å². The number of carbonyl (C=O) groups is 1. The van der Waals surface area contributed by atoms with Gasteiger partial charge in [-0.05, 0) is 48.9 Å². The zero-order valence-electron chi connectivity index (χ0n) is 17.6. The number of hydrogen-bond donors (Lipinski definition) is 1. The number of fused-ring (bicyclic) bond motifs is 1. The van der Waals surface area contributed by atoms with Crippen molar-refractivity contribution in [3.05, 3.63) is 114 Å². The molecule has 1 amide bonds. The predicted octanol–water partition coefficient (Wildman–Crippen LogP) is 6.64. The minimum atomic E-state index is -0.194. The Hall–Kier alpha value is -4.25.